The van der Waals surface area contributed by atoms with Gasteiger partial charge in [-0.15, -0.1) is 0 Å². The van der Waals surface area contributed by atoms with Gasteiger partial charge in [-0.05, 0) is 5.56 Å². The maximum atomic E-state index is 10.9. The highest BCUT2D eigenvalue weighted by molar-refractivity contribution is 8.76. The lowest BCUT2D eigenvalue weighted by molar-refractivity contribution is -0.384. The summed E-state index contributed by atoms with van der Waals surface area (Å²) >= 11 is 0. The first-order valence-electron chi connectivity index (χ1n) is 8.88. The van der Waals surface area contributed by atoms with Gasteiger partial charge in [-0.25, -0.2) is 15.0 Å². The maximum absolute atomic E-state index is 10.9. The number of nitrogens with zero attached hydrogens (tertiary/aromatic N) is 5. The first-order chi connectivity index (χ1) is 14.5. The predicted octanol–water partition coefficient (Wildman–Crippen LogP) is 1.52. The van der Waals surface area contributed by atoms with E-state index in [1.807, 2.05) is 6.07 Å². The molecular weight excluding hydrogens is 432 g/mol. The number of hydrogen-bond acceptors (Lipinski definition) is 11. The number of aliphatic hydroxyl groups excluding tert-OH is 2. The van der Waals surface area contributed by atoms with Crippen LogP contribution in [-0.4, -0.2) is 58.7 Å². The molecule has 0 bridgehead atoms. The van der Waals surface area contributed by atoms with Crippen molar-refractivity contribution in [3.05, 3.63) is 52.6 Å². The number of anilines is 1. The first kappa shape index (κ1) is 20.8. The fourth-order valence-electron chi connectivity index (χ4n) is 3.14. The van der Waals surface area contributed by atoms with E-state index >= 15 is 0 Å². The second kappa shape index (κ2) is 8.73. The molecule has 1 saturated heterocycles. The van der Waals surface area contributed by atoms with Gasteiger partial charge in [-0.2, -0.15) is 0 Å². The number of rotatable bonds is 7. The molecule has 13 heteroatoms. The highest BCUT2D eigenvalue weighted by Crippen LogP contribution is 2.36. The number of fused-ring (bicyclic) bond motifs is 1. The number of aromatic nitrogens is 4. The van der Waals surface area contributed by atoms with Crippen LogP contribution in [0, 0.1) is 10.1 Å². The molecule has 1 fully saturated rings. The third kappa shape index (κ3) is 4.06. The summed E-state index contributed by atoms with van der Waals surface area (Å²) in [7, 11) is 2.94. The third-order valence-electron chi connectivity index (χ3n) is 4.66. The van der Waals surface area contributed by atoms with Crippen molar-refractivity contribution >= 4 is 44.3 Å². The van der Waals surface area contributed by atoms with E-state index in [2.05, 4.69) is 15.0 Å². The van der Waals surface area contributed by atoms with E-state index < -0.39 is 29.5 Å². The van der Waals surface area contributed by atoms with Crippen LogP contribution in [0.15, 0.2) is 36.9 Å². The van der Waals surface area contributed by atoms with Crippen LogP contribution < -0.4 is 5.73 Å². The molecular formula is C17H18N6O5S2. The number of hydrogen-bond donors (Lipinski definition) is 3. The van der Waals surface area contributed by atoms with Crippen LogP contribution in [0.25, 0.3) is 11.2 Å². The molecule has 2 aromatic heterocycles. The lowest BCUT2D eigenvalue weighted by atomic mass is 10.1. The molecule has 4 rings (SSSR count). The number of nitro benzene ring substituents is 1. The van der Waals surface area contributed by atoms with Crippen molar-refractivity contribution in [1.82, 2.24) is 19.5 Å². The van der Waals surface area contributed by atoms with Gasteiger partial charge in [-0.3, -0.25) is 14.7 Å². The van der Waals surface area contributed by atoms with Crippen molar-refractivity contribution in [1.29, 1.82) is 0 Å². The zero-order valence-electron chi connectivity index (χ0n) is 15.4. The average Bonchev–Trinajstić information content (AvgIpc) is 3.28. The zero-order valence-corrected chi connectivity index (χ0v) is 17.1. The molecule has 4 N–H and O–H groups in total. The van der Waals surface area contributed by atoms with Crippen LogP contribution in [0.4, 0.5) is 11.5 Å². The van der Waals surface area contributed by atoms with E-state index in [0.29, 0.717) is 22.7 Å². The van der Waals surface area contributed by atoms with Gasteiger partial charge in [0.15, 0.2) is 17.7 Å². The molecule has 0 spiro atoms. The van der Waals surface area contributed by atoms with E-state index in [4.69, 9.17) is 10.5 Å². The second-order valence-corrected chi connectivity index (χ2v) is 9.11. The molecule has 1 aliphatic heterocycles. The van der Waals surface area contributed by atoms with Crippen LogP contribution >= 0.6 is 21.6 Å². The van der Waals surface area contributed by atoms with Gasteiger partial charge in [0, 0.05) is 23.6 Å². The fraction of sp³-hybridized carbons (Fsp3) is 0.353. The van der Waals surface area contributed by atoms with E-state index in [9.17, 15) is 20.3 Å². The molecule has 158 valence electrons. The Labute approximate surface area is 178 Å². The molecule has 11 nitrogen and oxygen atoms in total. The minimum absolute atomic E-state index is 0.0515. The van der Waals surface area contributed by atoms with Crippen molar-refractivity contribution in [3.63, 3.8) is 0 Å². The van der Waals surface area contributed by atoms with Gasteiger partial charge in [-0.1, -0.05) is 33.7 Å². The lowest BCUT2D eigenvalue weighted by Crippen LogP contribution is -2.32. The van der Waals surface area contributed by atoms with E-state index in [1.54, 1.807) is 6.07 Å². The van der Waals surface area contributed by atoms with Gasteiger partial charge in [0.05, 0.1) is 17.4 Å². The number of non-ortho nitro benzene ring substituents is 1. The largest absolute Gasteiger partial charge is 0.387 e. The van der Waals surface area contributed by atoms with Gasteiger partial charge >= 0.3 is 0 Å². The molecule has 0 radical (unpaired) electrons. The highest BCUT2D eigenvalue weighted by atomic mass is 33.1. The Morgan fingerprint density at radius 3 is 2.87 bits per heavy atom. The fourth-order valence-corrected chi connectivity index (χ4v) is 5.39. The number of benzene rings is 1. The standard InChI is InChI=1S/C17H18N6O5S2/c18-15-12-16(20-7-19-15)22(8-21-12)17-14(25)13(24)11(28-17)6-30-29-5-9-2-1-3-10(4-9)23(26)27/h1-4,7-8,11,13-14,17,24-25H,5-6H2,(H2,18,19,20)/t11-,13-,14-,17-/m1/s1. The molecule has 1 aliphatic rings. The Balaban J connectivity index is 1.36. The van der Waals surface area contributed by atoms with Crippen molar-refractivity contribution in [2.24, 2.45) is 0 Å². The molecule has 3 heterocycles. The Kier molecular flexibility index (Phi) is 6.06. The molecule has 4 atom stereocenters. The Morgan fingerprint density at radius 1 is 1.23 bits per heavy atom. The molecule has 0 amide bonds. The van der Waals surface area contributed by atoms with Crippen LogP contribution in [0.5, 0.6) is 0 Å². The molecule has 3 aromatic rings. The topological polar surface area (TPSA) is 162 Å². The van der Waals surface area contributed by atoms with Crippen LogP contribution in [-0.2, 0) is 10.5 Å². The minimum Gasteiger partial charge on any atom is -0.387 e. The zero-order chi connectivity index (χ0) is 21.3. The summed E-state index contributed by atoms with van der Waals surface area (Å²) in [4.78, 5) is 22.6. The maximum Gasteiger partial charge on any atom is 0.269 e. The van der Waals surface area contributed by atoms with E-state index in [1.165, 1.54) is 50.9 Å². The predicted molar refractivity (Wildman–Crippen MR) is 113 cm³/mol. The summed E-state index contributed by atoms with van der Waals surface area (Å²) in [6.45, 7) is 0. The second-order valence-electron chi connectivity index (χ2n) is 6.60. The Bertz CT molecular complexity index is 1070. The number of aliphatic hydroxyl groups is 2. The van der Waals surface area contributed by atoms with Gasteiger partial charge in [0.2, 0.25) is 0 Å². The van der Waals surface area contributed by atoms with Crippen molar-refractivity contribution in [2.75, 3.05) is 11.5 Å². The number of imidazole rings is 1. The van der Waals surface area contributed by atoms with Crippen LogP contribution in [0.1, 0.15) is 11.8 Å². The summed E-state index contributed by atoms with van der Waals surface area (Å²) in [5.41, 5.74) is 7.47. The monoisotopic (exact) mass is 450 g/mol. The molecule has 0 aliphatic carbocycles. The summed E-state index contributed by atoms with van der Waals surface area (Å²) in [6, 6.07) is 6.45. The molecule has 0 unspecified atom stereocenters. The number of nitrogen functional groups attached to an aromatic ring is 1. The Hall–Kier alpha value is -2.45. The summed E-state index contributed by atoms with van der Waals surface area (Å²) in [5.74, 6) is 1.19. The highest BCUT2D eigenvalue weighted by Gasteiger charge is 2.44. The minimum atomic E-state index is -1.16. The molecule has 30 heavy (non-hydrogen) atoms. The molecule has 0 saturated carbocycles. The van der Waals surface area contributed by atoms with Crippen LogP contribution in [0.2, 0.25) is 0 Å². The first-order valence-corrected chi connectivity index (χ1v) is 11.4. The van der Waals surface area contributed by atoms with Crippen molar-refractivity contribution in [3.8, 4) is 0 Å². The summed E-state index contributed by atoms with van der Waals surface area (Å²) < 4.78 is 7.41. The van der Waals surface area contributed by atoms with E-state index in [-0.39, 0.29) is 11.5 Å². The summed E-state index contributed by atoms with van der Waals surface area (Å²) in [5, 5.41) is 31.7. The average molecular weight is 451 g/mol. The third-order valence-corrected chi connectivity index (χ3v) is 7.01. The van der Waals surface area contributed by atoms with E-state index in [0.717, 1.165) is 5.56 Å². The van der Waals surface area contributed by atoms with Crippen molar-refractivity contribution < 1.29 is 19.9 Å². The van der Waals surface area contributed by atoms with Crippen LogP contribution in [0.3, 0.4) is 0 Å². The number of nitro groups is 1. The SMILES string of the molecule is Nc1ncnc2c1ncn2[C@@H]1O[C@H](CSSCc2cccc([N+](=O)[O-])c2)[C@@H](O)[C@H]1O. The van der Waals surface area contributed by atoms with Gasteiger partial charge in [0.1, 0.15) is 24.1 Å². The quantitative estimate of drug-likeness (QED) is 0.207. The number of nitrogens with two attached hydrogens (primary N) is 1. The normalized spacial score (nSPS) is 23.8. The van der Waals surface area contributed by atoms with Crippen molar-refractivity contribution in [2.45, 2.75) is 30.3 Å². The number of ether oxygens (including phenoxy) is 1. The van der Waals surface area contributed by atoms with Gasteiger partial charge in [0.25, 0.3) is 5.69 Å². The smallest absolute Gasteiger partial charge is 0.269 e. The van der Waals surface area contributed by atoms with Gasteiger partial charge < -0.3 is 20.7 Å². The Morgan fingerprint density at radius 2 is 2.07 bits per heavy atom. The molecule has 1 aromatic carbocycles. The lowest BCUT2D eigenvalue weighted by Gasteiger charge is -2.16. The summed E-state index contributed by atoms with van der Waals surface area (Å²) in [6.07, 6.45) is -0.964.